The van der Waals surface area contributed by atoms with E-state index in [9.17, 15) is 12.8 Å². The van der Waals surface area contributed by atoms with Crippen LogP contribution >= 0.6 is 0 Å². The molecule has 1 aliphatic rings. The lowest BCUT2D eigenvalue weighted by molar-refractivity contribution is 0.0375. The van der Waals surface area contributed by atoms with Crippen LogP contribution in [0.2, 0.25) is 0 Å². The van der Waals surface area contributed by atoms with E-state index in [4.69, 9.17) is 9.47 Å². The third-order valence-corrected chi connectivity index (χ3v) is 7.77. The zero-order valence-corrected chi connectivity index (χ0v) is 21.2. The summed E-state index contributed by atoms with van der Waals surface area (Å²) in [5.41, 5.74) is 1.89. The summed E-state index contributed by atoms with van der Waals surface area (Å²) >= 11 is 0. The number of hydrogen-bond donors (Lipinski definition) is 1. The number of rotatable bonds is 9. The molecule has 1 saturated carbocycles. The predicted octanol–water partition coefficient (Wildman–Crippen LogP) is 4.20. The second kappa shape index (κ2) is 10.8. The lowest BCUT2D eigenvalue weighted by atomic mass is 10.0. The van der Waals surface area contributed by atoms with Crippen molar-refractivity contribution in [3.05, 3.63) is 96.2 Å². The Morgan fingerprint density at radius 2 is 1.87 bits per heavy atom. The van der Waals surface area contributed by atoms with Crippen LogP contribution < -0.4 is 9.46 Å². The van der Waals surface area contributed by atoms with E-state index in [1.54, 1.807) is 17.9 Å². The van der Waals surface area contributed by atoms with Crippen molar-refractivity contribution in [2.75, 3.05) is 4.72 Å². The molecule has 1 fully saturated rings. The van der Waals surface area contributed by atoms with Crippen molar-refractivity contribution in [1.82, 2.24) is 19.7 Å². The van der Waals surface area contributed by atoms with Crippen molar-refractivity contribution in [2.45, 2.75) is 42.5 Å². The Morgan fingerprint density at radius 1 is 1.05 bits per heavy atom. The third kappa shape index (κ3) is 5.65. The minimum absolute atomic E-state index is 0.0772. The van der Waals surface area contributed by atoms with Crippen LogP contribution in [-0.4, -0.2) is 40.4 Å². The highest BCUT2D eigenvalue weighted by atomic mass is 32.2. The van der Waals surface area contributed by atoms with Gasteiger partial charge in [-0.3, -0.25) is 9.40 Å². The highest BCUT2D eigenvalue weighted by Crippen LogP contribution is 2.40. The largest absolute Gasteiger partial charge is 0.486 e. The normalized spacial score (nSPS) is 19.4. The fraction of sp³-hybridized carbons (Fsp3) is 0.269. The summed E-state index contributed by atoms with van der Waals surface area (Å²) in [7, 11) is -2.65. The molecule has 0 spiro atoms. The highest BCUT2D eigenvalue weighted by Gasteiger charge is 2.39. The van der Waals surface area contributed by atoms with Crippen molar-refractivity contribution in [1.29, 1.82) is 0 Å². The van der Waals surface area contributed by atoms with E-state index >= 15 is 4.39 Å². The molecule has 0 amide bonds. The summed E-state index contributed by atoms with van der Waals surface area (Å²) in [6.07, 6.45) is 4.38. The quantitative estimate of drug-likeness (QED) is 0.338. The van der Waals surface area contributed by atoms with Crippen LogP contribution in [0.4, 0.5) is 14.6 Å². The van der Waals surface area contributed by atoms with Crippen LogP contribution in [0.3, 0.4) is 0 Å². The molecule has 1 aliphatic carbocycles. The molecule has 0 saturated heterocycles. The number of sulfonamides is 1. The maximum atomic E-state index is 15.1. The number of hydrogen-bond acceptors (Lipinski definition) is 7. The number of nitrogens with zero attached hydrogens (tertiary/aromatic N) is 4. The summed E-state index contributed by atoms with van der Waals surface area (Å²) < 4.78 is 71.3. The van der Waals surface area contributed by atoms with E-state index in [0.29, 0.717) is 25.5 Å². The fourth-order valence-corrected chi connectivity index (χ4v) is 5.66. The number of aromatic nitrogens is 4. The SMILES string of the molecule is Cn1nccc1C1CC(OCc2ccccc2)CC1Oc1cc(F)c(S(=O)(=O)Nc2ccncn2)cc1F. The number of nitrogens with one attached hydrogen (secondary N) is 1. The molecule has 3 atom stereocenters. The van der Waals surface area contributed by atoms with Gasteiger partial charge in [-0.1, -0.05) is 30.3 Å². The maximum absolute atomic E-state index is 15.1. The molecule has 5 rings (SSSR count). The molecular formula is C26H25F2N5O4S. The van der Waals surface area contributed by atoms with Crippen LogP contribution in [0, 0.1) is 11.6 Å². The number of anilines is 1. The summed E-state index contributed by atoms with van der Waals surface area (Å²) in [5, 5.41) is 4.23. The monoisotopic (exact) mass is 541 g/mol. The molecule has 198 valence electrons. The Balaban J connectivity index is 1.36. The highest BCUT2D eigenvalue weighted by molar-refractivity contribution is 7.92. The van der Waals surface area contributed by atoms with Crippen molar-refractivity contribution in [2.24, 2.45) is 7.05 Å². The van der Waals surface area contributed by atoms with Crippen LogP contribution in [-0.2, 0) is 28.4 Å². The van der Waals surface area contributed by atoms with Gasteiger partial charge in [-0.05, 0) is 24.1 Å². The van der Waals surface area contributed by atoms with Gasteiger partial charge >= 0.3 is 0 Å². The van der Waals surface area contributed by atoms with E-state index in [1.807, 2.05) is 36.4 Å². The van der Waals surface area contributed by atoms with Gasteiger partial charge in [0.05, 0.1) is 12.7 Å². The lowest BCUT2D eigenvalue weighted by Gasteiger charge is -2.22. The van der Waals surface area contributed by atoms with Crippen LogP contribution in [0.5, 0.6) is 5.75 Å². The van der Waals surface area contributed by atoms with Gasteiger partial charge in [0.25, 0.3) is 10.0 Å². The molecule has 2 aromatic heterocycles. The molecular weight excluding hydrogens is 516 g/mol. The summed E-state index contributed by atoms with van der Waals surface area (Å²) in [6.45, 7) is 0.408. The number of halogens is 2. The zero-order valence-electron chi connectivity index (χ0n) is 20.4. The first kappa shape index (κ1) is 25.7. The van der Waals surface area contributed by atoms with Gasteiger partial charge < -0.3 is 9.47 Å². The smallest absolute Gasteiger partial charge is 0.266 e. The molecule has 2 heterocycles. The predicted molar refractivity (Wildman–Crippen MR) is 134 cm³/mol. The summed E-state index contributed by atoms with van der Waals surface area (Å²) in [6, 6.07) is 14.2. The first-order valence-electron chi connectivity index (χ1n) is 11.9. The third-order valence-electron chi connectivity index (χ3n) is 6.40. The Hall–Kier alpha value is -3.90. The first-order valence-corrected chi connectivity index (χ1v) is 13.4. The lowest BCUT2D eigenvalue weighted by Crippen LogP contribution is -2.23. The standard InChI is InChI=1S/C26H25F2N5O4S/c1-33-22(7-10-31-33)19-11-18(36-15-17-5-3-2-4-6-17)12-23(19)37-24-13-21(28)25(14-20(24)27)38(34,35)32-26-8-9-29-16-30-26/h2-10,13-14,16,18-19,23H,11-12,15H2,1H3,(H,29,30,32). The average molecular weight is 542 g/mol. The van der Waals surface area contributed by atoms with E-state index < -0.39 is 32.7 Å². The molecule has 0 bridgehead atoms. The van der Waals surface area contributed by atoms with Gasteiger partial charge in [-0.15, -0.1) is 0 Å². The Bertz CT molecular complexity index is 1500. The van der Waals surface area contributed by atoms with Gasteiger partial charge in [0, 0.05) is 49.6 Å². The molecule has 2 aromatic carbocycles. The van der Waals surface area contributed by atoms with Gasteiger partial charge in [-0.25, -0.2) is 27.2 Å². The van der Waals surface area contributed by atoms with Crippen molar-refractivity contribution in [3.8, 4) is 5.75 Å². The molecule has 0 radical (unpaired) electrons. The number of ether oxygens (including phenoxy) is 2. The molecule has 38 heavy (non-hydrogen) atoms. The van der Waals surface area contributed by atoms with E-state index in [2.05, 4.69) is 19.8 Å². The first-order chi connectivity index (χ1) is 18.3. The molecule has 3 unspecified atom stereocenters. The van der Waals surface area contributed by atoms with Crippen molar-refractivity contribution in [3.63, 3.8) is 0 Å². The maximum Gasteiger partial charge on any atom is 0.266 e. The van der Waals surface area contributed by atoms with Gasteiger partial charge in [-0.2, -0.15) is 5.10 Å². The van der Waals surface area contributed by atoms with Crippen LogP contribution in [0.15, 0.2) is 78.2 Å². The second-order valence-electron chi connectivity index (χ2n) is 8.95. The molecule has 4 aromatic rings. The fourth-order valence-electron chi connectivity index (χ4n) is 4.58. The van der Waals surface area contributed by atoms with Gasteiger partial charge in [0.15, 0.2) is 11.6 Å². The van der Waals surface area contributed by atoms with E-state index in [0.717, 1.165) is 23.7 Å². The zero-order chi connectivity index (χ0) is 26.7. The average Bonchev–Trinajstić information content (AvgIpc) is 3.51. The summed E-state index contributed by atoms with van der Waals surface area (Å²) in [5.74, 6) is -2.83. The van der Waals surface area contributed by atoms with E-state index in [1.165, 1.54) is 12.3 Å². The Labute approximate surface area is 218 Å². The summed E-state index contributed by atoms with van der Waals surface area (Å²) in [4.78, 5) is 6.58. The number of benzene rings is 2. The Morgan fingerprint density at radius 3 is 2.58 bits per heavy atom. The molecule has 1 N–H and O–H groups in total. The number of aryl methyl sites for hydroxylation is 1. The minimum Gasteiger partial charge on any atom is -0.486 e. The van der Waals surface area contributed by atoms with Crippen molar-refractivity contribution >= 4 is 15.8 Å². The van der Waals surface area contributed by atoms with Crippen LogP contribution in [0.1, 0.15) is 30.0 Å². The van der Waals surface area contributed by atoms with E-state index in [-0.39, 0.29) is 23.6 Å². The van der Waals surface area contributed by atoms with Gasteiger partial charge in [0.1, 0.15) is 29.0 Å². The van der Waals surface area contributed by atoms with Crippen molar-refractivity contribution < 1.29 is 26.7 Å². The molecule has 0 aliphatic heterocycles. The Kier molecular flexibility index (Phi) is 7.34. The minimum atomic E-state index is -4.45. The topological polar surface area (TPSA) is 108 Å². The molecule has 9 nitrogen and oxygen atoms in total. The van der Waals surface area contributed by atoms with Gasteiger partial charge in [0.2, 0.25) is 0 Å². The second-order valence-corrected chi connectivity index (χ2v) is 10.6. The van der Waals surface area contributed by atoms with Crippen LogP contribution in [0.25, 0.3) is 0 Å². The molecule has 12 heteroatoms.